The first kappa shape index (κ1) is 27.1. The van der Waals surface area contributed by atoms with Crippen LogP contribution in [-0.2, 0) is 10.2 Å². The number of nitrogens with zero attached hydrogens (tertiary/aromatic N) is 2. The molecular weight excluding hydrogens is 511 g/mol. The number of aryl methyl sites for hydroxylation is 1. The molecule has 0 radical (unpaired) electrons. The summed E-state index contributed by atoms with van der Waals surface area (Å²) in [5.74, 6) is -2.09. The average molecular weight is 539 g/mol. The maximum Gasteiger partial charge on any atom is 0.337 e. The van der Waals surface area contributed by atoms with Crippen LogP contribution in [0.3, 0.4) is 0 Å². The Morgan fingerprint density at radius 3 is 2.42 bits per heavy atom. The predicted octanol–water partition coefficient (Wildman–Crippen LogP) is 4.76. The Balaban J connectivity index is 1.75. The minimum Gasteiger partial charge on any atom is -0.478 e. The first-order valence-electron chi connectivity index (χ1n) is 12.1. The van der Waals surface area contributed by atoms with Crippen LogP contribution >= 0.6 is 11.6 Å². The van der Waals surface area contributed by atoms with E-state index >= 15 is 0 Å². The van der Waals surface area contributed by atoms with Gasteiger partial charge in [-0.2, -0.15) is 0 Å². The van der Waals surface area contributed by atoms with E-state index in [0.29, 0.717) is 11.4 Å². The highest BCUT2D eigenvalue weighted by molar-refractivity contribution is 6.31. The van der Waals surface area contributed by atoms with Crippen molar-refractivity contribution in [2.45, 2.75) is 32.1 Å². The van der Waals surface area contributed by atoms with Gasteiger partial charge in [0, 0.05) is 26.3 Å². The highest BCUT2D eigenvalue weighted by atomic mass is 35.5. The number of benzene rings is 2. The van der Waals surface area contributed by atoms with Crippen LogP contribution in [0.15, 0.2) is 48.7 Å². The SMILES string of the molecule is CNC(=O)c1cc(Cl)c(F)cc1NC(=O)C1(c2ccccc2C(C)C)CN(c2cc(C)c(C(=O)O)cn2)C1. The first-order chi connectivity index (χ1) is 18.0. The summed E-state index contributed by atoms with van der Waals surface area (Å²) >= 11 is 5.92. The molecule has 198 valence electrons. The molecular formula is C28H28ClFN4O4. The number of hydrogen-bond donors (Lipinski definition) is 3. The number of nitrogens with one attached hydrogen (secondary N) is 2. The third kappa shape index (κ3) is 4.81. The van der Waals surface area contributed by atoms with Crippen LogP contribution in [0, 0.1) is 12.7 Å². The molecule has 1 aromatic heterocycles. The Morgan fingerprint density at radius 2 is 1.82 bits per heavy atom. The normalized spacial score (nSPS) is 14.1. The van der Waals surface area contributed by atoms with Crippen molar-refractivity contribution in [2.24, 2.45) is 0 Å². The second-order valence-corrected chi connectivity index (χ2v) is 10.1. The first-order valence-corrected chi connectivity index (χ1v) is 12.4. The van der Waals surface area contributed by atoms with E-state index in [2.05, 4.69) is 15.6 Å². The quantitative estimate of drug-likeness (QED) is 0.400. The number of carbonyl (C=O) groups excluding carboxylic acids is 2. The Labute approximate surface area is 224 Å². The minimum atomic E-state index is -1.06. The summed E-state index contributed by atoms with van der Waals surface area (Å²) in [5.41, 5.74) is 1.47. The van der Waals surface area contributed by atoms with Gasteiger partial charge in [0.15, 0.2) is 0 Å². The molecule has 3 N–H and O–H groups in total. The number of carboxylic acid groups (broad SMARTS) is 1. The van der Waals surface area contributed by atoms with Crippen molar-refractivity contribution < 1.29 is 23.9 Å². The van der Waals surface area contributed by atoms with Crippen molar-refractivity contribution in [1.82, 2.24) is 10.3 Å². The zero-order valence-corrected chi connectivity index (χ0v) is 22.2. The second-order valence-electron chi connectivity index (χ2n) is 9.69. The lowest BCUT2D eigenvalue weighted by Gasteiger charge is -2.50. The van der Waals surface area contributed by atoms with Crippen LogP contribution in [-0.4, -0.2) is 48.0 Å². The number of halogens is 2. The number of rotatable bonds is 7. The fraction of sp³-hybridized carbons (Fsp3) is 0.286. The van der Waals surface area contributed by atoms with Crippen molar-refractivity contribution in [3.8, 4) is 0 Å². The summed E-state index contributed by atoms with van der Waals surface area (Å²) in [7, 11) is 1.43. The summed E-state index contributed by atoms with van der Waals surface area (Å²) in [4.78, 5) is 44.1. The fourth-order valence-corrected chi connectivity index (χ4v) is 4.96. The van der Waals surface area contributed by atoms with Crippen LogP contribution in [0.1, 0.15) is 57.2 Å². The van der Waals surface area contributed by atoms with Crippen molar-refractivity contribution >= 4 is 40.9 Å². The van der Waals surface area contributed by atoms with Crippen LogP contribution < -0.4 is 15.5 Å². The number of hydrogen-bond acceptors (Lipinski definition) is 5. The van der Waals surface area contributed by atoms with E-state index in [0.717, 1.165) is 17.2 Å². The van der Waals surface area contributed by atoms with Gasteiger partial charge in [0.05, 0.1) is 21.8 Å². The summed E-state index contributed by atoms with van der Waals surface area (Å²) in [5, 5.41) is 14.4. The average Bonchev–Trinajstić information content (AvgIpc) is 2.85. The van der Waals surface area contributed by atoms with Gasteiger partial charge < -0.3 is 20.6 Å². The Kier molecular flexibility index (Phi) is 7.42. The third-order valence-corrected chi connectivity index (χ3v) is 7.18. The molecule has 0 spiro atoms. The van der Waals surface area contributed by atoms with Gasteiger partial charge in [-0.05, 0) is 47.7 Å². The third-order valence-electron chi connectivity index (χ3n) is 6.89. The summed E-state index contributed by atoms with van der Waals surface area (Å²) in [6.07, 6.45) is 1.31. The number of pyridine rings is 1. The van der Waals surface area contributed by atoms with E-state index in [-0.39, 0.29) is 40.8 Å². The molecule has 3 aromatic rings. The van der Waals surface area contributed by atoms with Crippen LogP contribution in [0.5, 0.6) is 0 Å². The lowest BCUT2D eigenvalue weighted by atomic mass is 9.69. The molecule has 0 bridgehead atoms. The van der Waals surface area contributed by atoms with Crippen LogP contribution in [0.2, 0.25) is 5.02 Å². The molecule has 10 heteroatoms. The second kappa shape index (κ2) is 10.4. The van der Waals surface area contributed by atoms with Gasteiger partial charge in [-0.15, -0.1) is 0 Å². The predicted molar refractivity (Wildman–Crippen MR) is 144 cm³/mol. The highest BCUT2D eigenvalue weighted by Crippen LogP contribution is 2.42. The minimum absolute atomic E-state index is 0.0101. The van der Waals surface area contributed by atoms with Crippen molar-refractivity contribution in [3.05, 3.63) is 87.3 Å². The van der Waals surface area contributed by atoms with Gasteiger partial charge >= 0.3 is 5.97 Å². The van der Waals surface area contributed by atoms with E-state index < -0.39 is 29.0 Å². The monoisotopic (exact) mass is 538 g/mol. The molecule has 1 fully saturated rings. The Hall–Kier alpha value is -3.98. The van der Waals surface area contributed by atoms with Gasteiger partial charge in [0.25, 0.3) is 5.91 Å². The lowest BCUT2D eigenvalue weighted by molar-refractivity contribution is -0.122. The van der Waals surface area contributed by atoms with Crippen LogP contribution in [0.4, 0.5) is 15.9 Å². The molecule has 2 heterocycles. The smallest absolute Gasteiger partial charge is 0.337 e. The summed E-state index contributed by atoms with van der Waals surface area (Å²) < 4.78 is 14.4. The molecule has 1 aliphatic rings. The molecule has 38 heavy (non-hydrogen) atoms. The number of carbonyl (C=O) groups is 3. The van der Waals surface area contributed by atoms with E-state index in [1.165, 1.54) is 19.3 Å². The number of carboxylic acids is 1. The van der Waals surface area contributed by atoms with Crippen molar-refractivity contribution in [1.29, 1.82) is 0 Å². The lowest BCUT2D eigenvalue weighted by Crippen LogP contribution is -2.66. The van der Waals surface area contributed by atoms with Gasteiger partial charge in [-0.1, -0.05) is 49.7 Å². The van der Waals surface area contributed by atoms with Gasteiger partial charge in [0.2, 0.25) is 5.91 Å². The van der Waals surface area contributed by atoms with E-state index in [4.69, 9.17) is 11.6 Å². The van der Waals surface area contributed by atoms with Gasteiger partial charge in [-0.25, -0.2) is 14.2 Å². The molecule has 0 aliphatic carbocycles. The summed E-state index contributed by atoms with van der Waals surface area (Å²) in [6.45, 7) is 6.25. The molecule has 2 amide bonds. The molecule has 4 rings (SSSR count). The van der Waals surface area contributed by atoms with E-state index in [1.807, 2.05) is 43.0 Å². The van der Waals surface area contributed by atoms with Crippen LogP contribution in [0.25, 0.3) is 0 Å². The molecule has 2 aromatic carbocycles. The molecule has 0 atom stereocenters. The maximum atomic E-state index is 14.4. The van der Waals surface area contributed by atoms with Crippen molar-refractivity contribution in [2.75, 3.05) is 30.4 Å². The molecule has 1 saturated heterocycles. The zero-order chi connectivity index (χ0) is 27.8. The van der Waals surface area contributed by atoms with E-state index in [1.54, 1.807) is 13.0 Å². The van der Waals surface area contributed by atoms with E-state index in [9.17, 15) is 23.9 Å². The summed E-state index contributed by atoms with van der Waals surface area (Å²) in [6, 6.07) is 11.6. The zero-order valence-electron chi connectivity index (χ0n) is 21.4. The van der Waals surface area contributed by atoms with Crippen molar-refractivity contribution in [3.63, 3.8) is 0 Å². The van der Waals surface area contributed by atoms with Gasteiger partial charge in [0.1, 0.15) is 17.1 Å². The standard InChI is InChI=1S/C28H28ClFN4O4/c1-15(2)17-7-5-6-8-20(17)28(13-34(14-28)24-9-16(3)19(12-32-24)26(36)37)27(38)33-23-11-22(30)21(29)10-18(23)25(35)31-4/h5-12,15H,13-14H2,1-4H3,(H,31,35)(H,33,38)(H,36,37). The fourth-order valence-electron chi connectivity index (χ4n) is 4.79. The number of anilines is 2. The molecule has 0 saturated carbocycles. The largest absolute Gasteiger partial charge is 0.478 e. The molecule has 1 aliphatic heterocycles. The highest BCUT2D eigenvalue weighted by Gasteiger charge is 2.52. The van der Waals surface area contributed by atoms with Gasteiger partial charge in [-0.3, -0.25) is 9.59 Å². The maximum absolute atomic E-state index is 14.4. The Morgan fingerprint density at radius 1 is 1.13 bits per heavy atom. The number of aromatic nitrogens is 1. The number of amides is 2. The molecule has 0 unspecified atom stereocenters. The Bertz CT molecular complexity index is 1440. The number of aromatic carboxylic acids is 1. The molecule has 8 nitrogen and oxygen atoms in total. The topological polar surface area (TPSA) is 112 Å².